The zero-order chi connectivity index (χ0) is 24.2. The lowest BCUT2D eigenvalue weighted by molar-refractivity contribution is -0.151. The van der Waals surface area contributed by atoms with Gasteiger partial charge in [-0.25, -0.2) is 13.6 Å². The maximum absolute atomic E-state index is 14.5. The van der Waals surface area contributed by atoms with Crippen molar-refractivity contribution in [2.24, 2.45) is 5.92 Å². The first-order valence-electron chi connectivity index (χ1n) is 11.0. The van der Waals surface area contributed by atoms with Gasteiger partial charge in [-0.1, -0.05) is 6.07 Å². The van der Waals surface area contributed by atoms with Gasteiger partial charge in [0.1, 0.15) is 23.1 Å². The summed E-state index contributed by atoms with van der Waals surface area (Å²) in [7, 11) is 0. The first kappa shape index (κ1) is 23.8. The number of esters is 2. The van der Waals surface area contributed by atoms with Gasteiger partial charge in [-0.3, -0.25) is 9.59 Å². The second kappa shape index (κ2) is 10.3. The first-order valence-corrected chi connectivity index (χ1v) is 11.8. The van der Waals surface area contributed by atoms with E-state index in [4.69, 9.17) is 9.47 Å². The van der Waals surface area contributed by atoms with E-state index in [0.29, 0.717) is 41.8 Å². The highest BCUT2D eigenvalue weighted by Crippen LogP contribution is 2.34. The monoisotopic (exact) mass is 487 g/mol. The Hall–Kier alpha value is -3.33. The summed E-state index contributed by atoms with van der Waals surface area (Å²) in [5, 5.41) is 0.253. The van der Waals surface area contributed by atoms with Gasteiger partial charge in [-0.05, 0) is 56.2 Å². The number of rotatable bonds is 6. The van der Waals surface area contributed by atoms with E-state index in [1.54, 1.807) is 24.0 Å². The third-order valence-corrected chi connectivity index (χ3v) is 6.97. The van der Waals surface area contributed by atoms with Crippen LogP contribution >= 0.6 is 11.3 Å². The van der Waals surface area contributed by atoms with E-state index in [1.165, 1.54) is 30.3 Å². The quantitative estimate of drug-likeness (QED) is 0.460. The van der Waals surface area contributed by atoms with E-state index in [0.717, 1.165) is 11.3 Å². The molecule has 2 heterocycles. The molecule has 0 aliphatic carbocycles. The van der Waals surface area contributed by atoms with E-state index in [9.17, 15) is 23.2 Å². The Morgan fingerprint density at radius 2 is 1.74 bits per heavy atom. The van der Waals surface area contributed by atoms with Crippen LogP contribution in [0.5, 0.6) is 0 Å². The van der Waals surface area contributed by atoms with Crippen LogP contribution in [-0.4, -0.2) is 42.4 Å². The summed E-state index contributed by atoms with van der Waals surface area (Å²) in [6.45, 7) is 2.32. The molecule has 1 aliphatic heterocycles. The molecule has 34 heavy (non-hydrogen) atoms. The number of likely N-dealkylation sites (tertiary alicyclic amines) is 1. The van der Waals surface area contributed by atoms with Crippen molar-refractivity contribution in [3.8, 4) is 0 Å². The zero-order valence-corrected chi connectivity index (χ0v) is 19.3. The summed E-state index contributed by atoms with van der Waals surface area (Å²) in [4.78, 5) is 39.6. The van der Waals surface area contributed by atoms with Crippen LogP contribution in [0, 0.1) is 17.6 Å². The number of hydrogen-bond acceptors (Lipinski definition) is 6. The third kappa shape index (κ3) is 4.94. The number of benzene rings is 2. The van der Waals surface area contributed by atoms with Crippen molar-refractivity contribution in [2.45, 2.75) is 26.4 Å². The normalized spacial score (nSPS) is 14.3. The van der Waals surface area contributed by atoms with E-state index < -0.39 is 29.5 Å². The van der Waals surface area contributed by atoms with Gasteiger partial charge < -0.3 is 14.4 Å². The minimum atomic E-state index is -0.582. The van der Waals surface area contributed by atoms with Crippen molar-refractivity contribution >= 4 is 39.3 Å². The van der Waals surface area contributed by atoms with Crippen molar-refractivity contribution in [1.29, 1.82) is 0 Å². The lowest BCUT2D eigenvalue weighted by Crippen LogP contribution is -2.40. The molecule has 1 aliphatic rings. The number of thiophene rings is 1. The summed E-state index contributed by atoms with van der Waals surface area (Å²) in [5.41, 5.74) is 0.689. The topological polar surface area (TPSA) is 72.9 Å². The molecule has 0 unspecified atom stereocenters. The summed E-state index contributed by atoms with van der Waals surface area (Å²) in [6, 6.07) is 9.89. The molecule has 0 spiro atoms. The number of fused-ring (bicyclic) bond motifs is 1. The van der Waals surface area contributed by atoms with Crippen LogP contribution in [0.1, 0.15) is 45.4 Å². The van der Waals surface area contributed by atoms with Crippen LogP contribution in [0.3, 0.4) is 0 Å². The van der Waals surface area contributed by atoms with E-state index in [-0.39, 0.29) is 29.4 Å². The fourth-order valence-corrected chi connectivity index (χ4v) is 5.14. The molecule has 9 heteroatoms. The molecule has 1 aromatic heterocycles. The maximum Gasteiger partial charge on any atom is 0.348 e. The molecule has 0 bridgehead atoms. The number of halogens is 2. The van der Waals surface area contributed by atoms with Crippen LogP contribution in [-0.2, 0) is 20.9 Å². The summed E-state index contributed by atoms with van der Waals surface area (Å²) in [5.74, 6) is -2.59. The number of carbonyl (C=O) groups excluding carboxylic acids is 3. The van der Waals surface area contributed by atoms with Crippen LogP contribution in [0.25, 0.3) is 10.1 Å². The molecule has 1 saturated heterocycles. The van der Waals surface area contributed by atoms with Gasteiger partial charge in [0, 0.05) is 34.3 Å². The molecular formula is C25H23F2NO5S. The molecule has 178 valence electrons. The largest absolute Gasteiger partial charge is 0.462 e. The van der Waals surface area contributed by atoms with Crippen LogP contribution in [0.15, 0.2) is 42.5 Å². The molecule has 4 rings (SSSR count). The Kier molecular flexibility index (Phi) is 7.21. The highest BCUT2D eigenvalue weighted by atomic mass is 32.1. The van der Waals surface area contributed by atoms with Crippen molar-refractivity contribution in [3.63, 3.8) is 0 Å². The average Bonchev–Trinajstić information content (AvgIpc) is 3.23. The van der Waals surface area contributed by atoms with Gasteiger partial charge in [0.15, 0.2) is 0 Å². The molecule has 6 nitrogen and oxygen atoms in total. The highest BCUT2D eigenvalue weighted by Gasteiger charge is 2.30. The Morgan fingerprint density at radius 3 is 2.41 bits per heavy atom. The Balaban J connectivity index is 1.41. The van der Waals surface area contributed by atoms with Crippen LogP contribution < -0.4 is 0 Å². The molecule has 3 aromatic rings. The summed E-state index contributed by atoms with van der Waals surface area (Å²) in [6.07, 6.45) is 0.824. The van der Waals surface area contributed by atoms with Crippen molar-refractivity contribution in [2.75, 3.05) is 19.7 Å². The molecule has 0 radical (unpaired) electrons. The average molecular weight is 488 g/mol. The third-order valence-electron chi connectivity index (χ3n) is 5.79. The number of nitrogens with zero attached hydrogens (tertiary/aromatic N) is 1. The lowest BCUT2D eigenvalue weighted by atomic mass is 9.96. The van der Waals surface area contributed by atoms with Crippen molar-refractivity contribution in [1.82, 2.24) is 4.90 Å². The number of piperidine rings is 1. The van der Waals surface area contributed by atoms with E-state index in [2.05, 4.69) is 0 Å². The maximum atomic E-state index is 14.5. The van der Waals surface area contributed by atoms with Gasteiger partial charge in [0.2, 0.25) is 0 Å². The summed E-state index contributed by atoms with van der Waals surface area (Å²) >= 11 is 1.10. The van der Waals surface area contributed by atoms with Gasteiger partial charge in [-0.2, -0.15) is 0 Å². The van der Waals surface area contributed by atoms with E-state index in [1.807, 2.05) is 0 Å². The predicted octanol–water partition coefficient (Wildman–Crippen LogP) is 4.95. The summed E-state index contributed by atoms with van der Waals surface area (Å²) < 4.78 is 38.8. The predicted molar refractivity (Wildman–Crippen MR) is 123 cm³/mol. The van der Waals surface area contributed by atoms with Crippen molar-refractivity contribution < 1.29 is 32.6 Å². The molecule has 0 saturated carbocycles. The standard InChI is InChI=1S/C25H23F2NO5S/c1-2-32-25(31)22-18(21-19(27)4-3-5-20(21)34-22)14-33-24(30)16-10-12-28(13-11-16)23(29)15-6-8-17(26)9-7-15/h3-9,16H,2,10-14H2,1H3. The molecule has 1 fully saturated rings. The van der Waals surface area contributed by atoms with Gasteiger partial charge >= 0.3 is 11.9 Å². The molecule has 1 amide bonds. The Bertz CT molecular complexity index is 1220. The zero-order valence-electron chi connectivity index (χ0n) is 18.5. The second-order valence-corrected chi connectivity index (χ2v) is 8.98. The minimum Gasteiger partial charge on any atom is -0.462 e. The molecular weight excluding hydrogens is 464 g/mol. The minimum absolute atomic E-state index is 0.171. The number of carbonyl (C=O) groups is 3. The second-order valence-electron chi connectivity index (χ2n) is 7.92. The molecule has 2 aromatic carbocycles. The Labute approximate surface area is 199 Å². The van der Waals surface area contributed by atoms with E-state index >= 15 is 0 Å². The van der Waals surface area contributed by atoms with Gasteiger partial charge in [0.25, 0.3) is 5.91 Å². The van der Waals surface area contributed by atoms with Crippen LogP contribution in [0.2, 0.25) is 0 Å². The SMILES string of the molecule is CCOC(=O)c1sc2cccc(F)c2c1COC(=O)C1CCN(C(=O)c2ccc(F)cc2)CC1. The van der Waals surface area contributed by atoms with Crippen molar-refractivity contribution in [3.05, 3.63) is 70.1 Å². The molecule has 0 atom stereocenters. The lowest BCUT2D eigenvalue weighted by Gasteiger charge is -2.31. The molecule has 0 N–H and O–H groups in total. The number of ether oxygens (including phenoxy) is 2. The van der Waals surface area contributed by atoms with Crippen LogP contribution in [0.4, 0.5) is 8.78 Å². The highest BCUT2D eigenvalue weighted by molar-refractivity contribution is 7.21. The number of hydrogen-bond donors (Lipinski definition) is 0. The van der Waals surface area contributed by atoms with Gasteiger partial charge in [-0.15, -0.1) is 11.3 Å². The van der Waals surface area contributed by atoms with Gasteiger partial charge in [0.05, 0.1) is 12.5 Å². The Morgan fingerprint density at radius 1 is 1.03 bits per heavy atom. The fourth-order valence-electron chi connectivity index (χ4n) is 4.02. The fraction of sp³-hybridized carbons (Fsp3) is 0.320. The number of amides is 1. The first-order chi connectivity index (χ1) is 16.4. The smallest absolute Gasteiger partial charge is 0.348 e.